The first-order valence-electron chi connectivity index (χ1n) is 6.55. The normalized spacial score (nSPS) is 10.5. The molecule has 0 aliphatic rings. The molecule has 4 heteroatoms. The second kappa shape index (κ2) is 5.74. The van der Waals surface area contributed by atoms with E-state index in [-0.39, 0.29) is 5.56 Å². The standard InChI is InChI=1S/C16H18N2O2/c1-4-18(10-11(2)3)15-9-8-12-13(16(19)20)6-5-7-14(12)17-15/h5-9H,2,4,10H2,1,3H3,(H,19,20). The summed E-state index contributed by atoms with van der Waals surface area (Å²) < 4.78 is 0. The van der Waals surface area contributed by atoms with Crippen LogP contribution in [0.15, 0.2) is 42.5 Å². The van der Waals surface area contributed by atoms with Crippen molar-refractivity contribution in [2.75, 3.05) is 18.0 Å². The molecule has 0 saturated carbocycles. The number of anilines is 1. The first-order valence-corrected chi connectivity index (χ1v) is 6.55. The molecule has 1 aromatic carbocycles. The topological polar surface area (TPSA) is 53.4 Å². The number of nitrogens with zero attached hydrogens (tertiary/aromatic N) is 2. The van der Waals surface area contributed by atoms with Gasteiger partial charge in [0.1, 0.15) is 5.82 Å². The van der Waals surface area contributed by atoms with Crippen molar-refractivity contribution < 1.29 is 9.90 Å². The van der Waals surface area contributed by atoms with Gasteiger partial charge in [-0.2, -0.15) is 0 Å². The summed E-state index contributed by atoms with van der Waals surface area (Å²) >= 11 is 0. The zero-order valence-corrected chi connectivity index (χ0v) is 11.8. The van der Waals surface area contributed by atoms with Gasteiger partial charge in [-0.25, -0.2) is 9.78 Å². The Morgan fingerprint density at radius 3 is 2.70 bits per heavy atom. The average Bonchev–Trinajstić information content (AvgIpc) is 2.43. The highest BCUT2D eigenvalue weighted by molar-refractivity contribution is 6.02. The largest absolute Gasteiger partial charge is 0.478 e. The lowest BCUT2D eigenvalue weighted by Gasteiger charge is -2.22. The van der Waals surface area contributed by atoms with Crippen LogP contribution in [0.25, 0.3) is 10.9 Å². The van der Waals surface area contributed by atoms with Gasteiger partial charge in [0.05, 0.1) is 11.1 Å². The minimum absolute atomic E-state index is 0.282. The third-order valence-corrected chi connectivity index (χ3v) is 3.11. The number of carbonyl (C=O) groups is 1. The molecule has 1 heterocycles. The van der Waals surface area contributed by atoms with Gasteiger partial charge in [-0.15, -0.1) is 0 Å². The van der Waals surface area contributed by atoms with Crippen LogP contribution in [0.3, 0.4) is 0 Å². The highest BCUT2D eigenvalue weighted by Gasteiger charge is 2.11. The van der Waals surface area contributed by atoms with Gasteiger partial charge in [0.15, 0.2) is 0 Å². The summed E-state index contributed by atoms with van der Waals surface area (Å²) in [5.41, 5.74) is 2.04. The maximum atomic E-state index is 11.2. The first-order chi connectivity index (χ1) is 9.52. The van der Waals surface area contributed by atoms with Crippen molar-refractivity contribution in [2.24, 2.45) is 0 Å². The van der Waals surface area contributed by atoms with Crippen LogP contribution < -0.4 is 4.90 Å². The summed E-state index contributed by atoms with van der Waals surface area (Å²) in [7, 11) is 0. The number of fused-ring (bicyclic) bond motifs is 1. The summed E-state index contributed by atoms with van der Waals surface area (Å²) in [5, 5.41) is 9.84. The Balaban J connectivity index is 2.48. The van der Waals surface area contributed by atoms with Gasteiger partial charge >= 0.3 is 5.97 Å². The molecule has 0 aliphatic heterocycles. The van der Waals surface area contributed by atoms with E-state index in [0.717, 1.165) is 24.5 Å². The molecule has 0 radical (unpaired) electrons. The predicted molar refractivity (Wildman–Crippen MR) is 81.4 cm³/mol. The predicted octanol–water partition coefficient (Wildman–Crippen LogP) is 3.34. The van der Waals surface area contributed by atoms with E-state index in [1.807, 2.05) is 25.1 Å². The van der Waals surface area contributed by atoms with E-state index in [4.69, 9.17) is 0 Å². The van der Waals surface area contributed by atoms with Crippen molar-refractivity contribution in [1.82, 2.24) is 4.98 Å². The molecule has 2 aromatic rings. The van der Waals surface area contributed by atoms with Gasteiger partial charge < -0.3 is 10.0 Å². The third kappa shape index (κ3) is 2.79. The molecular formula is C16H18N2O2. The molecule has 1 aromatic heterocycles. The van der Waals surface area contributed by atoms with Crippen LogP contribution in [0.4, 0.5) is 5.82 Å². The zero-order chi connectivity index (χ0) is 14.7. The first kappa shape index (κ1) is 14.1. The summed E-state index contributed by atoms with van der Waals surface area (Å²) in [6, 6.07) is 8.83. The summed E-state index contributed by atoms with van der Waals surface area (Å²) in [6.07, 6.45) is 0. The second-order valence-electron chi connectivity index (χ2n) is 4.82. The molecule has 0 bridgehead atoms. The minimum atomic E-state index is -0.931. The van der Waals surface area contributed by atoms with E-state index in [1.165, 1.54) is 0 Å². The lowest BCUT2D eigenvalue weighted by molar-refractivity contribution is 0.0699. The average molecular weight is 270 g/mol. The number of rotatable bonds is 5. The number of hydrogen-bond acceptors (Lipinski definition) is 3. The Kier molecular flexibility index (Phi) is 4.03. The number of aromatic carboxylic acids is 1. The van der Waals surface area contributed by atoms with E-state index in [1.54, 1.807) is 12.1 Å². The van der Waals surface area contributed by atoms with E-state index >= 15 is 0 Å². The lowest BCUT2D eigenvalue weighted by Crippen LogP contribution is -2.25. The number of likely N-dealkylation sites (N-methyl/N-ethyl adjacent to an activating group) is 1. The number of hydrogen-bond donors (Lipinski definition) is 1. The molecule has 1 N–H and O–H groups in total. The van der Waals surface area contributed by atoms with Crippen LogP contribution in [0.1, 0.15) is 24.2 Å². The molecule has 2 rings (SSSR count). The summed E-state index contributed by atoms with van der Waals surface area (Å²) in [5.74, 6) is -0.0926. The SMILES string of the molecule is C=C(C)CN(CC)c1ccc2c(C(=O)O)cccc2n1. The fourth-order valence-electron chi connectivity index (χ4n) is 2.19. The van der Waals surface area contributed by atoms with Crippen molar-refractivity contribution in [2.45, 2.75) is 13.8 Å². The van der Waals surface area contributed by atoms with Crippen molar-refractivity contribution in [3.05, 3.63) is 48.0 Å². The minimum Gasteiger partial charge on any atom is -0.478 e. The lowest BCUT2D eigenvalue weighted by atomic mass is 10.1. The number of pyridine rings is 1. The van der Waals surface area contributed by atoms with Gasteiger partial charge in [0.25, 0.3) is 0 Å². The van der Waals surface area contributed by atoms with Crippen LogP contribution in [0.5, 0.6) is 0 Å². The fourth-order valence-corrected chi connectivity index (χ4v) is 2.19. The summed E-state index contributed by atoms with van der Waals surface area (Å²) in [4.78, 5) is 17.9. The number of benzene rings is 1. The summed E-state index contributed by atoms with van der Waals surface area (Å²) in [6.45, 7) is 9.52. The molecule has 0 amide bonds. The monoisotopic (exact) mass is 270 g/mol. The highest BCUT2D eigenvalue weighted by atomic mass is 16.4. The van der Waals surface area contributed by atoms with Gasteiger partial charge in [0, 0.05) is 18.5 Å². The number of aromatic nitrogens is 1. The molecule has 4 nitrogen and oxygen atoms in total. The third-order valence-electron chi connectivity index (χ3n) is 3.11. The number of carboxylic acid groups (broad SMARTS) is 1. The van der Waals surface area contributed by atoms with Crippen molar-refractivity contribution in [1.29, 1.82) is 0 Å². The van der Waals surface area contributed by atoms with Crippen LogP contribution in [-0.4, -0.2) is 29.1 Å². The van der Waals surface area contributed by atoms with Crippen LogP contribution >= 0.6 is 0 Å². The zero-order valence-electron chi connectivity index (χ0n) is 11.8. The van der Waals surface area contributed by atoms with Crippen LogP contribution in [0.2, 0.25) is 0 Å². The molecule has 20 heavy (non-hydrogen) atoms. The Hall–Kier alpha value is -2.36. The number of carboxylic acids is 1. The van der Waals surface area contributed by atoms with E-state index in [2.05, 4.69) is 23.4 Å². The van der Waals surface area contributed by atoms with Gasteiger partial charge in [0.2, 0.25) is 0 Å². The van der Waals surface area contributed by atoms with Gasteiger partial charge in [-0.1, -0.05) is 18.2 Å². The quantitative estimate of drug-likeness (QED) is 0.847. The van der Waals surface area contributed by atoms with E-state index < -0.39 is 5.97 Å². The Morgan fingerprint density at radius 2 is 2.10 bits per heavy atom. The van der Waals surface area contributed by atoms with Crippen molar-refractivity contribution in [3.8, 4) is 0 Å². The maximum absolute atomic E-state index is 11.2. The van der Waals surface area contributed by atoms with Crippen LogP contribution in [-0.2, 0) is 0 Å². The van der Waals surface area contributed by atoms with E-state index in [0.29, 0.717) is 10.9 Å². The molecule has 0 atom stereocenters. The van der Waals surface area contributed by atoms with Crippen LogP contribution in [0, 0.1) is 0 Å². The Morgan fingerprint density at radius 1 is 1.35 bits per heavy atom. The Bertz CT molecular complexity index is 665. The van der Waals surface area contributed by atoms with E-state index in [9.17, 15) is 9.90 Å². The molecule has 104 valence electrons. The molecule has 0 saturated heterocycles. The maximum Gasteiger partial charge on any atom is 0.336 e. The highest BCUT2D eigenvalue weighted by Crippen LogP contribution is 2.21. The van der Waals surface area contributed by atoms with Gasteiger partial charge in [-0.3, -0.25) is 0 Å². The molecule has 0 spiro atoms. The smallest absolute Gasteiger partial charge is 0.336 e. The second-order valence-corrected chi connectivity index (χ2v) is 4.82. The fraction of sp³-hybridized carbons (Fsp3) is 0.250. The molecule has 0 unspecified atom stereocenters. The van der Waals surface area contributed by atoms with Gasteiger partial charge in [-0.05, 0) is 38.1 Å². The van der Waals surface area contributed by atoms with Crippen molar-refractivity contribution in [3.63, 3.8) is 0 Å². The molecule has 0 aliphatic carbocycles. The molecular weight excluding hydrogens is 252 g/mol. The molecule has 0 fully saturated rings. The Labute approximate surface area is 118 Å². The van der Waals surface area contributed by atoms with Crippen molar-refractivity contribution >= 4 is 22.7 Å².